The van der Waals surface area contributed by atoms with Gasteiger partial charge in [0.1, 0.15) is 0 Å². The van der Waals surface area contributed by atoms with E-state index < -0.39 is 0 Å². The molecule has 3 aromatic carbocycles. The summed E-state index contributed by atoms with van der Waals surface area (Å²) in [5, 5.41) is 0. The Bertz CT molecular complexity index is 951. The molecule has 0 unspecified atom stereocenters. The van der Waals surface area contributed by atoms with Crippen LogP contribution in [0.15, 0.2) is 103 Å². The van der Waals surface area contributed by atoms with Crippen LogP contribution in [0.2, 0.25) is 0 Å². The summed E-state index contributed by atoms with van der Waals surface area (Å²) in [6, 6.07) is 36.1. The minimum Gasteiger partial charge on any atom is -0.190 e. The highest BCUT2D eigenvalue weighted by Gasteiger charge is 2.22. The van der Waals surface area contributed by atoms with E-state index in [1.54, 1.807) is 0 Å². The van der Waals surface area contributed by atoms with Crippen molar-refractivity contribution in [1.29, 1.82) is 0 Å². The molecule has 0 atom stereocenters. The average molecular weight is 371 g/mol. The van der Waals surface area contributed by atoms with Crippen LogP contribution in [0.4, 0.5) is 0 Å². The van der Waals surface area contributed by atoms with E-state index >= 15 is 0 Å². The highest BCUT2D eigenvalue weighted by Crippen LogP contribution is 2.29. The molecule has 4 aromatic rings. The molecule has 0 spiro atoms. The molecule has 27 heavy (non-hydrogen) atoms. The number of aromatic nitrogens is 1. The van der Waals surface area contributed by atoms with E-state index in [4.69, 9.17) is 11.6 Å². The van der Waals surface area contributed by atoms with E-state index in [0.717, 1.165) is 6.54 Å². The Hall–Kier alpha value is -2.90. The lowest BCUT2D eigenvalue weighted by Crippen LogP contribution is -2.39. The number of benzene rings is 3. The van der Waals surface area contributed by atoms with Gasteiger partial charge >= 0.3 is 0 Å². The van der Waals surface area contributed by atoms with Crippen molar-refractivity contribution in [3.8, 4) is 33.6 Å². The van der Waals surface area contributed by atoms with Crippen LogP contribution in [-0.4, -0.2) is 5.88 Å². The zero-order valence-corrected chi connectivity index (χ0v) is 15.8. The molecular weight excluding hydrogens is 350 g/mol. The van der Waals surface area contributed by atoms with Gasteiger partial charge in [0, 0.05) is 23.3 Å². The third-order valence-corrected chi connectivity index (χ3v) is 4.89. The first kappa shape index (κ1) is 17.5. The Balaban J connectivity index is 2.01. The molecule has 0 radical (unpaired) electrons. The molecule has 0 fully saturated rings. The number of halogens is 1. The highest BCUT2D eigenvalue weighted by molar-refractivity contribution is 6.17. The van der Waals surface area contributed by atoms with Crippen molar-refractivity contribution in [2.24, 2.45) is 0 Å². The van der Waals surface area contributed by atoms with Crippen LogP contribution in [-0.2, 0) is 6.54 Å². The summed E-state index contributed by atoms with van der Waals surface area (Å²) < 4.78 is 2.32. The van der Waals surface area contributed by atoms with Crippen molar-refractivity contribution in [2.45, 2.75) is 6.54 Å². The van der Waals surface area contributed by atoms with Crippen molar-refractivity contribution in [3.05, 3.63) is 103 Å². The van der Waals surface area contributed by atoms with Crippen LogP contribution in [0, 0.1) is 0 Å². The first-order chi connectivity index (χ1) is 13.4. The number of pyridine rings is 1. The van der Waals surface area contributed by atoms with E-state index in [-0.39, 0.29) is 0 Å². The molecular formula is C25H21ClN+. The number of rotatable bonds is 5. The van der Waals surface area contributed by atoms with Crippen LogP contribution >= 0.6 is 11.6 Å². The van der Waals surface area contributed by atoms with Gasteiger partial charge < -0.3 is 0 Å². The van der Waals surface area contributed by atoms with Gasteiger partial charge in [-0.1, -0.05) is 66.7 Å². The maximum Gasteiger partial charge on any atom is 0.213 e. The maximum absolute atomic E-state index is 6.19. The van der Waals surface area contributed by atoms with Gasteiger partial charge in [-0.3, -0.25) is 0 Å². The fourth-order valence-corrected chi connectivity index (χ4v) is 3.61. The third kappa shape index (κ3) is 3.79. The average Bonchev–Trinajstić information content (AvgIpc) is 2.76. The Morgan fingerprint density at radius 3 is 1.33 bits per heavy atom. The van der Waals surface area contributed by atoms with E-state index in [1.807, 2.05) is 0 Å². The largest absolute Gasteiger partial charge is 0.213 e. The SMILES string of the molecule is ClCC[n+]1c(-c2ccccc2)cc(-c2ccccc2)cc1-c1ccccc1. The highest BCUT2D eigenvalue weighted by atomic mass is 35.5. The lowest BCUT2D eigenvalue weighted by atomic mass is 9.99. The third-order valence-electron chi connectivity index (χ3n) is 4.72. The topological polar surface area (TPSA) is 3.88 Å². The summed E-state index contributed by atoms with van der Waals surface area (Å²) in [7, 11) is 0. The number of hydrogen-bond donors (Lipinski definition) is 0. The van der Waals surface area contributed by atoms with Crippen molar-refractivity contribution in [2.75, 3.05) is 5.88 Å². The van der Waals surface area contributed by atoms with Gasteiger partial charge in [0.05, 0.1) is 5.88 Å². The first-order valence-electron chi connectivity index (χ1n) is 9.17. The second kappa shape index (κ2) is 8.20. The molecule has 0 saturated heterocycles. The fraction of sp³-hybridized carbons (Fsp3) is 0.0800. The predicted octanol–water partition coefficient (Wildman–Crippen LogP) is 6.21. The Morgan fingerprint density at radius 1 is 0.519 bits per heavy atom. The van der Waals surface area contributed by atoms with E-state index in [1.165, 1.54) is 33.6 Å². The molecule has 0 aliphatic rings. The van der Waals surface area contributed by atoms with Crippen molar-refractivity contribution >= 4 is 11.6 Å². The molecule has 0 saturated carbocycles. The van der Waals surface area contributed by atoms with E-state index in [2.05, 4.69) is 108 Å². The minimum atomic E-state index is 0.565. The molecule has 0 amide bonds. The smallest absolute Gasteiger partial charge is 0.190 e. The predicted molar refractivity (Wildman–Crippen MR) is 114 cm³/mol. The van der Waals surface area contributed by atoms with Crippen LogP contribution in [0.5, 0.6) is 0 Å². The lowest BCUT2D eigenvalue weighted by molar-refractivity contribution is -0.671. The van der Waals surface area contributed by atoms with Gasteiger partial charge in [-0.05, 0) is 35.4 Å². The summed E-state index contributed by atoms with van der Waals surface area (Å²) in [5.74, 6) is 0.565. The quantitative estimate of drug-likeness (QED) is 0.290. The minimum absolute atomic E-state index is 0.565. The fourth-order valence-electron chi connectivity index (χ4n) is 3.44. The molecule has 1 heterocycles. The monoisotopic (exact) mass is 370 g/mol. The maximum atomic E-state index is 6.19. The molecule has 132 valence electrons. The van der Waals surface area contributed by atoms with Crippen molar-refractivity contribution in [1.82, 2.24) is 0 Å². The number of alkyl halides is 1. The van der Waals surface area contributed by atoms with Crippen molar-refractivity contribution in [3.63, 3.8) is 0 Å². The summed E-state index contributed by atoms with van der Waals surface area (Å²) in [6.07, 6.45) is 0. The summed E-state index contributed by atoms with van der Waals surface area (Å²) in [4.78, 5) is 0. The molecule has 0 N–H and O–H groups in total. The second-order valence-electron chi connectivity index (χ2n) is 6.45. The zero-order valence-electron chi connectivity index (χ0n) is 15.1. The zero-order chi connectivity index (χ0) is 18.5. The molecule has 1 aromatic heterocycles. The lowest BCUT2D eigenvalue weighted by Gasteiger charge is -2.12. The molecule has 4 rings (SSSR count). The Labute approximate surface area is 165 Å². The van der Waals surface area contributed by atoms with Gasteiger partial charge in [-0.15, -0.1) is 11.6 Å². The van der Waals surface area contributed by atoms with E-state index in [9.17, 15) is 0 Å². The van der Waals surface area contributed by atoms with Crippen LogP contribution in [0.3, 0.4) is 0 Å². The molecule has 1 nitrogen and oxygen atoms in total. The number of hydrogen-bond acceptors (Lipinski definition) is 0. The summed E-state index contributed by atoms with van der Waals surface area (Å²) in [5.41, 5.74) is 7.16. The Kier molecular flexibility index (Phi) is 5.32. The van der Waals surface area contributed by atoms with Gasteiger partial charge in [0.15, 0.2) is 6.54 Å². The molecule has 0 aliphatic heterocycles. The van der Waals surface area contributed by atoms with Gasteiger partial charge in [0.2, 0.25) is 11.4 Å². The molecule has 2 heteroatoms. The second-order valence-corrected chi connectivity index (χ2v) is 6.83. The van der Waals surface area contributed by atoms with Crippen LogP contribution in [0.25, 0.3) is 33.6 Å². The van der Waals surface area contributed by atoms with Gasteiger partial charge in [0.25, 0.3) is 0 Å². The Morgan fingerprint density at radius 2 is 0.926 bits per heavy atom. The number of nitrogens with zero attached hydrogens (tertiary/aromatic N) is 1. The van der Waals surface area contributed by atoms with Crippen LogP contribution in [0.1, 0.15) is 0 Å². The van der Waals surface area contributed by atoms with Crippen LogP contribution < -0.4 is 4.57 Å². The normalized spacial score (nSPS) is 10.7. The summed E-state index contributed by atoms with van der Waals surface area (Å²) >= 11 is 6.19. The standard InChI is InChI=1S/C25H21ClN/c26-16-17-27-24(21-12-6-2-7-13-21)18-23(20-10-4-1-5-11-20)19-25(27)22-14-8-3-9-15-22/h1-15,18-19H,16-17H2/q+1. The molecule has 0 aliphatic carbocycles. The summed E-state index contributed by atoms with van der Waals surface area (Å²) in [6.45, 7) is 0.755. The first-order valence-corrected chi connectivity index (χ1v) is 9.70. The van der Waals surface area contributed by atoms with Gasteiger partial charge in [-0.25, -0.2) is 0 Å². The van der Waals surface area contributed by atoms with E-state index in [0.29, 0.717) is 5.88 Å². The van der Waals surface area contributed by atoms with Gasteiger partial charge in [-0.2, -0.15) is 4.57 Å². The van der Waals surface area contributed by atoms with Crippen molar-refractivity contribution < 1.29 is 4.57 Å². The molecule has 0 bridgehead atoms.